The SMILES string of the molecule is C=C[C@@H]1CN(S(=O)(=O)c2ccc(C)cc2)CC[C@]12C(=O)C=Cc1cc(Br)ccc12. The molecule has 1 aliphatic carbocycles. The summed E-state index contributed by atoms with van der Waals surface area (Å²) in [6.07, 6.45) is 5.62. The van der Waals surface area contributed by atoms with Crippen LogP contribution >= 0.6 is 15.9 Å². The first kappa shape index (κ1) is 20.3. The van der Waals surface area contributed by atoms with E-state index in [1.54, 1.807) is 36.4 Å². The first-order chi connectivity index (χ1) is 13.8. The molecule has 150 valence electrons. The lowest BCUT2D eigenvalue weighted by molar-refractivity contribution is -0.122. The van der Waals surface area contributed by atoms with Gasteiger partial charge in [0.2, 0.25) is 10.0 Å². The maximum atomic E-state index is 13.2. The molecule has 29 heavy (non-hydrogen) atoms. The van der Waals surface area contributed by atoms with Gasteiger partial charge in [0.25, 0.3) is 0 Å². The van der Waals surface area contributed by atoms with Crippen molar-refractivity contribution in [1.29, 1.82) is 0 Å². The second kappa shape index (κ2) is 7.35. The van der Waals surface area contributed by atoms with Crippen molar-refractivity contribution < 1.29 is 13.2 Å². The molecule has 2 atom stereocenters. The number of carbonyl (C=O) groups is 1. The zero-order valence-corrected chi connectivity index (χ0v) is 18.5. The van der Waals surface area contributed by atoms with Crippen LogP contribution in [-0.4, -0.2) is 31.6 Å². The van der Waals surface area contributed by atoms with Crippen LogP contribution in [0.25, 0.3) is 6.08 Å². The van der Waals surface area contributed by atoms with Crippen LogP contribution in [0.15, 0.2) is 70.6 Å². The molecule has 2 aromatic rings. The molecule has 1 heterocycles. The van der Waals surface area contributed by atoms with Crippen LogP contribution in [0.3, 0.4) is 0 Å². The normalized spacial score (nSPS) is 24.5. The number of benzene rings is 2. The van der Waals surface area contributed by atoms with Crippen LogP contribution in [0, 0.1) is 12.8 Å². The summed E-state index contributed by atoms with van der Waals surface area (Å²) in [6, 6.07) is 12.8. The molecule has 0 N–H and O–H groups in total. The van der Waals surface area contributed by atoms with Crippen molar-refractivity contribution in [2.45, 2.75) is 23.7 Å². The van der Waals surface area contributed by atoms with Crippen molar-refractivity contribution in [2.75, 3.05) is 13.1 Å². The predicted molar refractivity (Wildman–Crippen MR) is 118 cm³/mol. The Balaban J connectivity index is 1.73. The van der Waals surface area contributed by atoms with Gasteiger partial charge in [-0.3, -0.25) is 4.79 Å². The van der Waals surface area contributed by atoms with Crippen molar-refractivity contribution in [3.8, 4) is 0 Å². The van der Waals surface area contributed by atoms with Crippen LogP contribution < -0.4 is 0 Å². The highest BCUT2D eigenvalue weighted by atomic mass is 79.9. The van der Waals surface area contributed by atoms with E-state index in [2.05, 4.69) is 22.5 Å². The van der Waals surface area contributed by atoms with Gasteiger partial charge in [0.05, 0.1) is 10.3 Å². The van der Waals surface area contributed by atoms with Crippen LogP contribution in [0.5, 0.6) is 0 Å². The average molecular weight is 472 g/mol. The molecule has 2 aromatic carbocycles. The van der Waals surface area contributed by atoms with E-state index in [9.17, 15) is 13.2 Å². The van der Waals surface area contributed by atoms with Crippen molar-refractivity contribution in [1.82, 2.24) is 4.31 Å². The molecule has 1 fully saturated rings. The number of sulfonamides is 1. The Hall–Kier alpha value is -2.02. The summed E-state index contributed by atoms with van der Waals surface area (Å²) in [5.41, 5.74) is 2.17. The number of allylic oxidation sites excluding steroid dienone is 1. The van der Waals surface area contributed by atoms with E-state index in [0.717, 1.165) is 21.2 Å². The van der Waals surface area contributed by atoms with Crippen molar-refractivity contribution in [3.63, 3.8) is 0 Å². The third-order valence-electron chi connectivity index (χ3n) is 6.08. The standard InChI is InChI=1S/C23H22BrNO3S/c1-3-18-15-25(29(27,28)20-8-4-16(2)5-9-20)13-12-23(18)21-10-7-19(24)14-17(21)6-11-22(23)26/h3-11,14,18H,1,12-13,15H2,2H3/t18-,23+/m1/s1. The number of hydrogen-bond acceptors (Lipinski definition) is 3. The fourth-order valence-corrected chi connectivity index (χ4v) is 6.32. The minimum absolute atomic E-state index is 0.0182. The van der Waals surface area contributed by atoms with Gasteiger partial charge in [-0.05, 0) is 54.8 Å². The Labute approximate surface area is 180 Å². The zero-order valence-electron chi connectivity index (χ0n) is 16.1. The van der Waals surface area contributed by atoms with Gasteiger partial charge in [-0.15, -0.1) is 6.58 Å². The van der Waals surface area contributed by atoms with Crippen molar-refractivity contribution in [2.24, 2.45) is 5.92 Å². The van der Waals surface area contributed by atoms with Gasteiger partial charge in [-0.25, -0.2) is 8.42 Å². The first-order valence-electron chi connectivity index (χ1n) is 9.51. The highest BCUT2D eigenvalue weighted by Gasteiger charge is 2.51. The molecule has 1 aliphatic heterocycles. The molecule has 0 saturated carbocycles. The smallest absolute Gasteiger partial charge is 0.243 e. The van der Waals surface area contributed by atoms with E-state index in [0.29, 0.717) is 6.42 Å². The molecule has 4 nitrogen and oxygen atoms in total. The number of hydrogen-bond donors (Lipinski definition) is 0. The van der Waals surface area contributed by atoms with Crippen LogP contribution in [0.2, 0.25) is 0 Å². The zero-order chi connectivity index (χ0) is 20.8. The molecule has 4 rings (SSSR count). The van der Waals surface area contributed by atoms with E-state index in [4.69, 9.17) is 0 Å². The van der Waals surface area contributed by atoms with E-state index in [1.165, 1.54) is 4.31 Å². The topological polar surface area (TPSA) is 54.5 Å². The number of ketones is 1. The molecule has 1 saturated heterocycles. The first-order valence-corrected chi connectivity index (χ1v) is 11.7. The van der Waals surface area contributed by atoms with Gasteiger partial charge in [0.15, 0.2) is 5.78 Å². The Bertz CT molecular complexity index is 1120. The second-order valence-electron chi connectivity index (χ2n) is 7.67. The lowest BCUT2D eigenvalue weighted by Crippen LogP contribution is -2.55. The molecular formula is C23H22BrNO3S. The number of nitrogens with zero attached hydrogens (tertiary/aromatic N) is 1. The second-order valence-corrected chi connectivity index (χ2v) is 10.5. The highest BCUT2D eigenvalue weighted by Crippen LogP contribution is 2.46. The quantitative estimate of drug-likeness (QED) is 0.619. The third-order valence-corrected chi connectivity index (χ3v) is 8.45. The summed E-state index contributed by atoms with van der Waals surface area (Å²) >= 11 is 3.49. The monoisotopic (exact) mass is 471 g/mol. The highest BCUT2D eigenvalue weighted by molar-refractivity contribution is 9.10. The molecule has 0 aromatic heterocycles. The predicted octanol–water partition coefficient (Wildman–Crippen LogP) is 4.49. The van der Waals surface area contributed by atoms with Gasteiger partial charge in [-0.1, -0.05) is 51.8 Å². The van der Waals surface area contributed by atoms with Gasteiger partial charge in [0.1, 0.15) is 0 Å². The molecule has 6 heteroatoms. The molecule has 0 amide bonds. The van der Waals surface area contributed by atoms with Gasteiger partial charge >= 0.3 is 0 Å². The Morgan fingerprint density at radius 1 is 1.17 bits per heavy atom. The van der Waals surface area contributed by atoms with Crippen LogP contribution in [0.1, 0.15) is 23.1 Å². The Kier molecular flexibility index (Phi) is 5.13. The number of halogens is 1. The summed E-state index contributed by atoms with van der Waals surface area (Å²) < 4.78 is 28.8. The minimum atomic E-state index is -3.63. The van der Waals surface area contributed by atoms with Crippen molar-refractivity contribution in [3.05, 3.63) is 82.4 Å². The summed E-state index contributed by atoms with van der Waals surface area (Å²) in [5.74, 6) is -0.293. The third kappa shape index (κ3) is 3.23. The molecule has 0 radical (unpaired) electrons. The Morgan fingerprint density at radius 2 is 1.90 bits per heavy atom. The average Bonchev–Trinajstić information content (AvgIpc) is 2.71. The summed E-state index contributed by atoms with van der Waals surface area (Å²) in [5, 5.41) is 0. The number of piperidine rings is 1. The van der Waals surface area contributed by atoms with Gasteiger partial charge in [-0.2, -0.15) is 4.31 Å². The summed E-state index contributed by atoms with van der Waals surface area (Å²) in [7, 11) is -3.63. The fourth-order valence-electron chi connectivity index (χ4n) is 4.47. The molecular weight excluding hydrogens is 450 g/mol. The summed E-state index contributed by atoms with van der Waals surface area (Å²) in [6.45, 7) is 6.39. The maximum Gasteiger partial charge on any atom is 0.243 e. The van der Waals surface area contributed by atoms with E-state index in [1.807, 2.05) is 31.2 Å². The molecule has 0 unspecified atom stereocenters. The largest absolute Gasteiger partial charge is 0.294 e. The van der Waals surface area contributed by atoms with Crippen LogP contribution in [-0.2, 0) is 20.2 Å². The maximum absolute atomic E-state index is 13.2. The Morgan fingerprint density at radius 3 is 2.59 bits per heavy atom. The number of fused-ring (bicyclic) bond motifs is 2. The summed E-state index contributed by atoms with van der Waals surface area (Å²) in [4.78, 5) is 13.4. The van der Waals surface area contributed by atoms with Crippen LogP contribution in [0.4, 0.5) is 0 Å². The lowest BCUT2D eigenvalue weighted by Gasteiger charge is -2.47. The number of carbonyl (C=O) groups excluding carboxylic acids is 1. The van der Waals surface area contributed by atoms with E-state index < -0.39 is 15.4 Å². The van der Waals surface area contributed by atoms with E-state index >= 15 is 0 Å². The van der Waals surface area contributed by atoms with Crippen molar-refractivity contribution >= 4 is 37.8 Å². The molecule has 1 spiro atoms. The van der Waals surface area contributed by atoms with E-state index in [-0.39, 0.29) is 29.7 Å². The van der Waals surface area contributed by atoms with Gasteiger partial charge in [0, 0.05) is 23.5 Å². The van der Waals surface area contributed by atoms with Gasteiger partial charge < -0.3 is 0 Å². The lowest BCUT2D eigenvalue weighted by atomic mass is 9.61. The minimum Gasteiger partial charge on any atom is -0.294 e. The molecule has 0 bridgehead atoms. The number of aryl methyl sites for hydroxylation is 1. The fraction of sp³-hybridized carbons (Fsp3) is 0.261. The number of rotatable bonds is 3. The molecule has 2 aliphatic rings.